The van der Waals surface area contributed by atoms with Crippen LogP contribution >= 0.6 is 11.3 Å². The molecule has 166 valence electrons. The Hall–Kier alpha value is -3.24. The highest BCUT2D eigenvalue weighted by atomic mass is 32.1. The Balaban J connectivity index is 1.28. The third-order valence-corrected chi connectivity index (χ3v) is 5.85. The van der Waals surface area contributed by atoms with Gasteiger partial charge in [0, 0.05) is 37.1 Å². The van der Waals surface area contributed by atoms with Crippen molar-refractivity contribution in [3.63, 3.8) is 0 Å². The van der Waals surface area contributed by atoms with Gasteiger partial charge in [-0.1, -0.05) is 12.1 Å². The lowest BCUT2D eigenvalue weighted by Crippen LogP contribution is -2.50. The molecule has 0 atom stereocenters. The Morgan fingerprint density at radius 3 is 2.44 bits per heavy atom. The number of nitrogens with zero attached hydrogens (tertiary/aromatic N) is 3. The van der Waals surface area contributed by atoms with Crippen LogP contribution in [0.4, 0.5) is 18.3 Å². The Labute approximate surface area is 186 Å². The van der Waals surface area contributed by atoms with Crippen LogP contribution in [0.5, 0.6) is 0 Å². The fraction of sp³-hybridized carbons (Fsp3) is 0.227. The quantitative estimate of drug-likeness (QED) is 0.632. The molecule has 1 N–H and O–H groups in total. The summed E-state index contributed by atoms with van der Waals surface area (Å²) in [4.78, 5) is 32.6. The molecular weight excluding hydrogens is 441 g/mol. The van der Waals surface area contributed by atoms with Crippen LogP contribution in [0, 0.1) is 17.5 Å². The van der Waals surface area contributed by atoms with Crippen LogP contribution in [-0.2, 0) is 4.79 Å². The lowest BCUT2D eigenvalue weighted by atomic mass is 10.1. The van der Waals surface area contributed by atoms with Crippen LogP contribution in [-0.4, -0.2) is 59.3 Å². The molecule has 0 unspecified atom stereocenters. The van der Waals surface area contributed by atoms with Gasteiger partial charge in [-0.3, -0.25) is 14.5 Å². The summed E-state index contributed by atoms with van der Waals surface area (Å²) in [6.07, 6.45) is 0. The highest BCUT2D eigenvalue weighted by Crippen LogP contribution is 2.26. The number of hydrogen-bond acceptors (Lipinski definition) is 5. The predicted octanol–water partition coefficient (Wildman–Crippen LogP) is 3.62. The number of thiazole rings is 1. The van der Waals surface area contributed by atoms with E-state index in [9.17, 15) is 22.8 Å². The molecular formula is C22H19F3N4O2S. The minimum absolute atomic E-state index is 0.0410. The number of halogens is 3. The molecule has 0 saturated carbocycles. The van der Waals surface area contributed by atoms with Gasteiger partial charge in [0.05, 0.1) is 17.8 Å². The zero-order valence-electron chi connectivity index (χ0n) is 16.9. The summed E-state index contributed by atoms with van der Waals surface area (Å²) in [7, 11) is 0. The maximum absolute atomic E-state index is 13.8. The number of piperazine rings is 1. The highest BCUT2D eigenvalue weighted by Gasteiger charge is 2.25. The normalized spacial score (nSPS) is 14.4. The van der Waals surface area contributed by atoms with E-state index in [-0.39, 0.29) is 23.9 Å². The topological polar surface area (TPSA) is 65.5 Å². The van der Waals surface area contributed by atoms with Gasteiger partial charge in [0.2, 0.25) is 5.91 Å². The maximum atomic E-state index is 13.8. The second-order valence-electron chi connectivity index (χ2n) is 7.26. The van der Waals surface area contributed by atoms with Crippen LogP contribution < -0.4 is 5.32 Å². The number of hydrogen-bond donors (Lipinski definition) is 1. The average Bonchev–Trinajstić information content (AvgIpc) is 3.24. The van der Waals surface area contributed by atoms with Crippen molar-refractivity contribution in [2.24, 2.45) is 0 Å². The molecule has 0 radical (unpaired) electrons. The van der Waals surface area contributed by atoms with Gasteiger partial charge in [0.25, 0.3) is 5.91 Å². The fourth-order valence-corrected chi connectivity index (χ4v) is 4.13. The standard InChI is InChI=1S/C22H19F3N4O2S/c23-16-4-2-1-3-15(16)21(31)29-9-7-28(8-10-29)12-20(30)27-22-26-19(13-32-22)14-5-6-17(24)18(25)11-14/h1-6,11,13H,7-10,12H2,(H,26,27,30). The first kappa shape index (κ1) is 22.0. The summed E-state index contributed by atoms with van der Waals surface area (Å²) in [5.74, 6) is -3.09. The molecule has 1 fully saturated rings. The minimum Gasteiger partial charge on any atom is -0.336 e. The predicted molar refractivity (Wildman–Crippen MR) is 115 cm³/mol. The van der Waals surface area contributed by atoms with Crippen LogP contribution in [0.25, 0.3) is 11.3 Å². The Morgan fingerprint density at radius 1 is 0.969 bits per heavy atom. The summed E-state index contributed by atoms with van der Waals surface area (Å²) < 4.78 is 40.4. The second kappa shape index (κ2) is 9.49. The number of nitrogens with one attached hydrogen (secondary N) is 1. The zero-order chi connectivity index (χ0) is 22.7. The van der Waals surface area contributed by atoms with Crippen LogP contribution in [0.15, 0.2) is 47.8 Å². The molecule has 1 saturated heterocycles. The van der Waals surface area contributed by atoms with Gasteiger partial charge in [-0.25, -0.2) is 18.2 Å². The zero-order valence-corrected chi connectivity index (χ0v) is 17.7. The van der Waals surface area contributed by atoms with E-state index in [4.69, 9.17) is 0 Å². The molecule has 1 aliphatic rings. The summed E-state index contributed by atoms with van der Waals surface area (Å²) in [5.41, 5.74) is 0.889. The lowest BCUT2D eigenvalue weighted by Gasteiger charge is -2.34. The van der Waals surface area contributed by atoms with E-state index >= 15 is 0 Å². The van der Waals surface area contributed by atoms with Gasteiger partial charge < -0.3 is 10.2 Å². The number of rotatable bonds is 5. The fourth-order valence-electron chi connectivity index (χ4n) is 3.40. The van der Waals surface area contributed by atoms with Gasteiger partial charge in [-0.2, -0.15) is 0 Å². The first-order chi connectivity index (χ1) is 15.4. The number of carbonyl (C=O) groups excluding carboxylic acids is 2. The summed E-state index contributed by atoms with van der Waals surface area (Å²) in [5, 5.41) is 4.70. The smallest absolute Gasteiger partial charge is 0.256 e. The van der Waals surface area contributed by atoms with E-state index < -0.39 is 17.5 Å². The third-order valence-electron chi connectivity index (χ3n) is 5.10. The molecule has 10 heteroatoms. The summed E-state index contributed by atoms with van der Waals surface area (Å²) in [6, 6.07) is 9.36. The first-order valence-electron chi connectivity index (χ1n) is 9.87. The van der Waals surface area contributed by atoms with E-state index in [2.05, 4.69) is 10.3 Å². The number of aromatic nitrogens is 1. The Morgan fingerprint density at radius 2 is 1.72 bits per heavy atom. The van der Waals surface area contributed by atoms with E-state index in [1.54, 1.807) is 16.3 Å². The largest absolute Gasteiger partial charge is 0.336 e. The van der Waals surface area contributed by atoms with Gasteiger partial charge in [-0.15, -0.1) is 11.3 Å². The van der Waals surface area contributed by atoms with Crippen molar-refractivity contribution < 1.29 is 22.8 Å². The minimum atomic E-state index is -0.964. The molecule has 0 spiro atoms. The van der Waals surface area contributed by atoms with Crippen LogP contribution in [0.1, 0.15) is 10.4 Å². The van der Waals surface area contributed by atoms with E-state index in [0.717, 1.165) is 12.1 Å². The second-order valence-corrected chi connectivity index (χ2v) is 8.12. The van der Waals surface area contributed by atoms with E-state index in [1.807, 2.05) is 4.90 Å². The number of benzene rings is 2. The molecule has 2 heterocycles. The van der Waals surface area contributed by atoms with Crippen molar-refractivity contribution in [2.75, 3.05) is 38.0 Å². The van der Waals surface area contributed by atoms with Crippen molar-refractivity contribution in [3.05, 3.63) is 70.9 Å². The van der Waals surface area contributed by atoms with Crippen molar-refractivity contribution in [1.82, 2.24) is 14.8 Å². The molecule has 2 amide bonds. The van der Waals surface area contributed by atoms with Gasteiger partial charge in [0.1, 0.15) is 5.82 Å². The summed E-state index contributed by atoms with van der Waals surface area (Å²) >= 11 is 1.18. The molecule has 0 bridgehead atoms. The Bertz CT molecular complexity index is 1150. The van der Waals surface area contributed by atoms with E-state index in [1.165, 1.54) is 35.6 Å². The van der Waals surface area contributed by atoms with Crippen LogP contribution in [0.3, 0.4) is 0 Å². The highest BCUT2D eigenvalue weighted by molar-refractivity contribution is 7.14. The summed E-state index contributed by atoms with van der Waals surface area (Å²) in [6.45, 7) is 1.84. The lowest BCUT2D eigenvalue weighted by molar-refractivity contribution is -0.117. The van der Waals surface area contributed by atoms with Crippen molar-refractivity contribution >= 4 is 28.3 Å². The third kappa shape index (κ3) is 4.97. The van der Waals surface area contributed by atoms with Crippen LogP contribution in [0.2, 0.25) is 0 Å². The average molecular weight is 460 g/mol. The molecule has 3 aromatic rings. The first-order valence-corrected chi connectivity index (χ1v) is 10.8. The molecule has 1 aromatic heterocycles. The van der Waals surface area contributed by atoms with Crippen molar-refractivity contribution in [3.8, 4) is 11.3 Å². The number of anilines is 1. The molecule has 32 heavy (non-hydrogen) atoms. The van der Waals surface area contributed by atoms with Gasteiger partial charge in [-0.05, 0) is 30.3 Å². The van der Waals surface area contributed by atoms with Crippen molar-refractivity contribution in [1.29, 1.82) is 0 Å². The monoisotopic (exact) mass is 460 g/mol. The molecule has 6 nitrogen and oxygen atoms in total. The maximum Gasteiger partial charge on any atom is 0.256 e. The molecule has 4 rings (SSSR count). The van der Waals surface area contributed by atoms with Gasteiger partial charge in [0.15, 0.2) is 16.8 Å². The molecule has 1 aliphatic heterocycles. The SMILES string of the molecule is O=C(CN1CCN(C(=O)c2ccccc2F)CC1)Nc1nc(-c2ccc(F)c(F)c2)cs1. The number of carbonyl (C=O) groups is 2. The molecule has 2 aromatic carbocycles. The van der Waals surface area contributed by atoms with Crippen molar-refractivity contribution in [2.45, 2.75) is 0 Å². The Kier molecular flexibility index (Phi) is 6.52. The number of amides is 2. The molecule has 0 aliphatic carbocycles. The van der Waals surface area contributed by atoms with Gasteiger partial charge >= 0.3 is 0 Å². The van der Waals surface area contributed by atoms with E-state index in [0.29, 0.717) is 42.6 Å².